The quantitative estimate of drug-likeness (QED) is 0.122. The van der Waals surface area contributed by atoms with Gasteiger partial charge >= 0.3 is 0 Å². The molecule has 1 aliphatic heterocycles. The van der Waals surface area contributed by atoms with E-state index in [1.165, 1.54) is 31.4 Å². The zero-order valence-corrected chi connectivity index (χ0v) is 32.8. The van der Waals surface area contributed by atoms with Crippen LogP contribution in [0.2, 0.25) is 5.02 Å². The number of likely N-dealkylation sites (tertiary alicyclic amines) is 1. The molecule has 1 saturated heterocycles. The first kappa shape index (κ1) is 42.3. The molecule has 3 aromatic rings. The Kier molecular flexibility index (Phi) is 15.1. The van der Waals surface area contributed by atoms with Gasteiger partial charge in [-0.2, -0.15) is 0 Å². The van der Waals surface area contributed by atoms with Crippen LogP contribution in [0.4, 0.5) is 10.1 Å². The van der Waals surface area contributed by atoms with E-state index in [1.807, 2.05) is 0 Å². The fraction of sp³-hybridized carbons (Fsp3) is 0.487. The van der Waals surface area contributed by atoms with Gasteiger partial charge in [-0.3, -0.25) is 23.9 Å². The van der Waals surface area contributed by atoms with Crippen molar-refractivity contribution in [2.45, 2.75) is 82.4 Å². The molecule has 0 spiro atoms. The third-order valence-corrected chi connectivity index (χ3v) is 12.2. The molecule has 294 valence electrons. The van der Waals surface area contributed by atoms with E-state index < -0.39 is 14.8 Å². The fourth-order valence-corrected chi connectivity index (χ4v) is 7.52. The highest BCUT2D eigenvalue weighted by atomic mass is 35.5. The summed E-state index contributed by atoms with van der Waals surface area (Å²) in [5.41, 5.74) is 0.386. The van der Waals surface area contributed by atoms with Gasteiger partial charge in [-0.25, -0.2) is 12.8 Å². The number of aromatic nitrogens is 1. The molecule has 2 aliphatic carbocycles. The van der Waals surface area contributed by atoms with Crippen molar-refractivity contribution in [2.75, 3.05) is 32.6 Å². The highest BCUT2D eigenvalue weighted by Gasteiger charge is 2.52. The molecular weight excluding hydrogens is 737 g/mol. The standard InChI is InChI=1S/C15H25NO3S.C14H18FN3O2.C10H8ClNO2/c1-3-4-5-6-7-8-12-11-13(12)14(17)16-20(18,19)15(2)9-10-15;1-16-14(20)12-6-3-7-18(12)13(19)9-17-11-5-2-4-10(15)8-11;1-14-9-5-12-10(13)8-4-6(11)2-3-7(8)9/h7-8,12-13H,3-6,9-11H2,1-2H3,(H,16,17);2,4-5,8,12,17H,3,6-7,9H2,1H3,(H,16,20);2-5H,1H3,(H,12,13)/b8-7-;;/t12-,13?;;/m1../s1. The van der Waals surface area contributed by atoms with Crippen LogP contribution in [-0.2, 0) is 24.4 Å². The Hall–Kier alpha value is -4.43. The Morgan fingerprint density at radius 3 is 2.54 bits per heavy atom. The number of carbonyl (C=O) groups excluding carboxylic acids is 3. The van der Waals surface area contributed by atoms with E-state index in [2.05, 4.69) is 39.4 Å². The van der Waals surface area contributed by atoms with Crippen LogP contribution in [0.25, 0.3) is 10.8 Å². The number of rotatable bonds is 13. The summed E-state index contributed by atoms with van der Waals surface area (Å²) >= 11 is 5.79. The number of nitrogens with zero attached hydrogens (tertiary/aromatic N) is 1. The molecule has 1 aromatic heterocycles. The molecule has 0 radical (unpaired) electrons. The number of methoxy groups -OCH3 is 1. The average molecular weight is 788 g/mol. The lowest BCUT2D eigenvalue weighted by atomic mass is 10.1. The summed E-state index contributed by atoms with van der Waals surface area (Å²) in [5.74, 6) is -0.236. The molecule has 3 amide bonds. The first-order valence-corrected chi connectivity index (χ1v) is 20.2. The number of anilines is 1. The number of nitrogens with one attached hydrogen (secondary N) is 4. The van der Waals surface area contributed by atoms with Crippen molar-refractivity contribution in [1.29, 1.82) is 0 Å². The number of hydrogen-bond acceptors (Lipinski definition) is 8. The summed E-state index contributed by atoms with van der Waals surface area (Å²) in [6, 6.07) is 10.7. The van der Waals surface area contributed by atoms with Crippen molar-refractivity contribution in [1.82, 2.24) is 19.9 Å². The van der Waals surface area contributed by atoms with E-state index in [0.717, 1.165) is 24.6 Å². The minimum atomic E-state index is -3.47. The van der Waals surface area contributed by atoms with Crippen molar-refractivity contribution in [3.63, 3.8) is 0 Å². The molecule has 3 aliphatic rings. The first-order valence-electron chi connectivity index (χ1n) is 18.3. The summed E-state index contributed by atoms with van der Waals surface area (Å²) in [4.78, 5) is 51.3. The lowest BCUT2D eigenvalue weighted by molar-refractivity contribution is -0.136. The van der Waals surface area contributed by atoms with Gasteiger partial charge in [-0.1, -0.05) is 49.6 Å². The number of allylic oxidation sites excluding steroid dienone is 2. The van der Waals surface area contributed by atoms with E-state index in [9.17, 15) is 32.0 Å². The van der Waals surface area contributed by atoms with Gasteiger partial charge in [0.25, 0.3) is 5.56 Å². The van der Waals surface area contributed by atoms with E-state index in [1.54, 1.807) is 62.5 Å². The van der Waals surface area contributed by atoms with Gasteiger partial charge < -0.3 is 25.3 Å². The maximum Gasteiger partial charge on any atom is 0.256 e. The third kappa shape index (κ3) is 11.5. The summed E-state index contributed by atoms with van der Waals surface area (Å²) < 4.78 is 43.6. The van der Waals surface area contributed by atoms with Crippen LogP contribution >= 0.6 is 11.6 Å². The zero-order valence-electron chi connectivity index (χ0n) is 31.3. The number of pyridine rings is 1. The van der Waals surface area contributed by atoms with Crippen LogP contribution in [0.3, 0.4) is 0 Å². The third-order valence-electron chi connectivity index (χ3n) is 9.81. The Labute approximate surface area is 321 Å². The molecule has 2 heterocycles. The van der Waals surface area contributed by atoms with Crippen LogP contribution in [0.1, 0.15) is 71.6 Å². The number of fused-ring (bicyclic) bond motifs is 1. The number of hydrogen-bond donors (Lipinski definition) is 4. The van der Waals surface area contributed by atoms with Gasteiger partial charge in [0.05, 0.1) is 23.8 Å². The van der Waals surface area contributed by atoms with Gasteiger partial charge in [0, 0.05) is 41.8 Å². The highest BCUT2D eigenvalue weighted by molar-refractivity contribution is 7.91. The summed E-state index contributed by atoms with van der Waals surface area (Å²) in [7, 11) is -0.349. The molecule has 4 N–H and O–H groups in total. The second kappa shape index (κ2) is 19.2. The normalized spacial score (nSPS) is 19.5. The molecule has 3 fully saturated rings. The lowest BCUT2D eigenvalue weighted by Gasteiger charge is -2.23. The van der Waals surface area contributed by atoms with Crippen molar-refractivity contribution in [2.24, 2.45) is 11.8 Å². The Morgan fingerprint density at radius 1 is 1.11 bits per heavy atom. The number of carbonyl (C=O) groups is 3. The van der Waals surface area contributed by atoms with E-state index in [4.69, 9.17) is 16.3 Å². The van der Waals surface area contributed by atoms with Crippen LogP contribution < -0.4 is 25.7 Å². The van der Waals surface area contributed by atoms with Crippen molar-refractivity contribution in [3.05, 3.63) is 82.0 Å². The molecule has 2 unspecified atom stereocenters. The average Bonchev–Trinajstić information content (AvgIpc) is 4.06. The van der Waals surface area contributed by atoms with Gasteiger partial charge in [-0.15, -0.1) is 0 Å². The highest BCUT2D eigenvalue weighted by Crippen LogP contribution is 2.44. The van der Waals surface area contributed by atoms with Crippen LogP contribution in [0.15, 0.2) is 65.6 Å². The maximum absolute atomic E-state index is 13.0. The molecule has 0 bridgehead atoms. The predicted octanol–water partition coefficient (Wildman–Crippen LogP) is 5.92. The molecule has 2 aromatic carbocycles. The lowest BCUT2D eigenvalue weighted by Crippen LogP contribution is -2.46. The maximum atomic E-state index is 13.0. The van der Waals surface area contributed by atoms with Gasteiger partial charge in [0.15, 0.2) is 0 Å². The number of sulfonamides is 1. The molecule has 54 heavy (non-hydrogen) atoms. The first-order chi connectivity index (χ1) is 25.7. The molecule has 15 heteroatoms. The summed E-state index contributed by atoms with van der Waals surface area (Å²) in [6.07, 6.45) is 14.0. The van der Waals surface area contributed by atoms with Crippen LogP contribution in [0.5, 0.6) is 5.75 Å². The smallest absolute Gasteiger partial charge is 0.256 e. The zero-order chi connectivity index (χ0) is 39.5. The Balaban J connectivity index is 0.000000184. The second-order valence-electron chi connectivity index (χ2n) is 13.9. The number of unbranched alkanes of at least 4 members (excludes halogenated alkanes) is 3. The topological polar surface area (TPSA) is 167 Å². The number of likely N-dealkylation sites (N-methyl/N-ethyl adjacent to an activating group) is 1. The largest absolute Gasteiger partial charge is 0.495 e. The van der Waals surface area contributed by atoms with Gasteiger partial charge in [0.1, 0.15) is 17.6 Å². The fourth-order valence-electron chi connectivity index (χ4n) is 6.04. The van der Waals surface area contributed by atoms with E-state index >= 15 is 0 Å². The van der Waals surface area contributed by atoms with Crippen molar-refractivity contribution >= 4 is 55.8 Å². The molecular formula is C39H51ClFN5O7S. The van der Waals surface area contributed by atoms with Crippen molar-refractivity contribution < 1.29 is 31.9 Å². The Morgan fingerprint density at radius 2 is 1.87 bits per heavy atom. The second-order valence-corrected chi connectivity index (χ2v) is 16.6. The van der Waals surface area contributed by atoms with Gasteiger partial charge in [-0.05, 0) is 94.2 Å². The molecule has 3 atom stereocenters. The van der Waals surface area contributed by atoms with Crippen LogP contribution in [-0.4, -0.2) is 74.1 Å². The number of aromatic amines is 1. The minimum absolute atomic E-state index is 0.0525. The predicted molar refractivity (Wildman–Crippen MR) is 209 cm³/mol. The molecule has 2 saturated carbocycles. The number of ether oxygens (including phenoxy) is 1. The minimum Gasteiger partial charge on any atom is -0.495 e. The van der Waals surface area contributed by atoms with E-state index in [-0.39, 0.29) is 53.5 Å². The number of amides is 3. The number of halogens is 2. The number of benzene rings is 2. The monoisotopic (exact) mass is 787 g/mol. The molecule has 12 nitrogen and oxygen atoms in total. The van der Waals surface area contributed by atoms with Crippen molar-refractivity contribution in [3.8, 4) is 5.75 Å². The van der Waals surface area contributed by atoms with E-state index in [0.29, 0.717) is 47.7 Å². The van der Waals surface area contributed by atoms with Gasteiger partial charge in [0.2, 0.25) is 27.7 Å². The number of H-pyrrole nitrogens is 1. The molecule has 6 rings (SSSR count). The SMILES string of the molecule is CCCCC/C=C\[C@@H]1CC1C(=O)NS(=O)(=O)C1(C)CC1.CNC(=O)C1CCCN1C(=O)CNc1cccc(F)c1.COc1c[nH]c(=O)c2cc(Cl)ccc12. The summed E-state index contributed by atoms with van der Waals surface area (Å²) in [6.45, 7) is 4.51. The summed E-state index contributed by atoms with van der Waals surface area (Å²) in [5, 5.41) is 7.29. The Bertz CT molecular complexity index is 1990. The van der Waals surface area contributed by atoms with Crippen LogP contribution in [0, 0.1) is 17.7 Å².